The van der Waals surface area contributed by atoms with Crippen molar-refractivity contribution in [3.05, 3.63) is 65.1 Å². The molecule has 1 N–H and O–H groups in total. The Morgan fingerprint density at radius 3 is 2.64 bits per heavy atom. The van der Waals surface area contributed by atoms with Crippen molar-refractivity contribution in [3.8, 4) is 0 Å². The summed E-state index contributed by atoms with van der Waals surface area (Å²) in [5.74, 6) is -0.235. The molecule has 6 heteroatoms. The third-order valence-electron chi connectivity index (χ3n) is 4.61. The van der Waals surface area contributed by atoms with E-state index in [1.807, 2.05) is 23.1 Å². The van der Waals surface area contributed by atoms with Crippen LogP contribution in [0.25, 0.3) is 10.9 Å². The minimum absolute atomic E-state index is 0.00691. The quantitative estimate of drug-likeness (QED) is 0.755. The van der Waals surface area contributed by atoms with Crippen LogP contribution in [0.5, 0.6) is 0 Å². The normalized spacial score (nSPS) is 15.0. The summed E-state index contributed by atoms with van der Waals surface area (Å²) in [6.07, 6.45) is 1.74. The van der Waals surface area contributed by atoms with Crippen molar-refractivity contribution in [1.82, 2.24) is 9.88 Å². The molecule has 0 radical (unpaired) electrons. The summed E-state index contributed by atoms with van der Waals surface area (Å²) in [5.41, 5.74) is 2.37. The van der Waals surface area contributed by atoms with Crippen LogP contribution >= 0.6 is 11.6 Å². The first-order valence-corrected chi connectivity index (χ1v) is 8.56. The summed E-state index contributed by atoms with van der Waals surface area (Å²) in [5, 5.41) is 1.51. The van der Waals surface area contributed by atoms with E-state index >= 15 is 0 Å². The van der Waals surface area contributed by atoms with Gasteiger partial charge in [0.2, 0.25) is 0 Å². The number of anilines is 1. The second kappa shape index (κ2) is 6.41. The fraction of sp³-hybridized carbons (Fsp3) is 0.211. The van der Waals surface area contributed by atoms with E-state index in [-0.39, 0.29) is 11.7 Å². The number of fused-ring (bicyclic) bond motifs is 1. The van der Waals surface area contributed by atoms with Gasteiger partial charge in [-0.15, -0.1) is 0 Å². The molecule has 0 bridgehead atoms. The summed E-state index contributed by atoms with van der Waals surface area (Å²) in [6, 6.07) is 12.0. The molecule has 128 valence electrons. The Balaban J connectivity index is 1.49. The number of benzene rings is 2. The molecule has 2 aromatic carbocycles. The number of aromatic nitrogens is 1. The number of nitrogens with one attached hydrogen (secondary N) is 1. The fourth-order valence-electron chi connectivity index (χ4n) is 3.29. The molecule has 0 atom stereocenters. The fourth-order valence-corrected chi connectivity index (χ4v) is 3.46. The van der Waals surface area contributed by atoms with E-state index in [0.29, 0.717) is 36.8 Å². The summed E-state index contributed by atoms with van der Waals surface area (Å²) in [7, 11) is 0. The zero-order chi connectivity index (χ0) is 17.4. The van der Waals surface area contributed by atoms with Crippen LogP contribution < -0.4 is 4.90 Å². The van der Waals surface area contributed by atoms with Crippen LogP contribution in [-0.4, -0.2) is 42.0 Å². The average Bonchev–Trinajstić information content (AvgIpc) is 3.04. The molecule has 1 aromatic heterocycles. The number of nitrogens with zero attached hydrogens (tertiary/aromatic N) is 2. The highest BCUT2D eigenvalue weighted by Crippen LogP contribution is 2.24. The Morgan fingerprint density at radius 2 is 1.88 bits per heavy atom. The van der Waals surface area contributed by atoms with E-state index in [1.54, 1.807) is 18.3 Å². The molecule has 0 aliphatic carbocycles. The van der Waals surface area contributed by atoms with Gasteiger partial charge in [0.1, 0.15) is 5.82 Å². The molecule has 1 amide bonds. The number of hydrogen-bond donors (Lipinski definition) is 1. The number of carbonyl (C=O) groups excluding carboxylic acids is 1. The van der Waals surface area contributed by atoms with Crippen molar-refractivity contribution in [1.29, 1.82) is 0 Å². The molecule has 0 spiro atoms. The van der Waals surface area contributed by atoms with Crippen molar-refractivity contribution in [2.24, 2.45) is 0 Å². The molecular formula is C19H17ClFN3O. The lowest BCUT2D eigenvalue weighted by molar-refractivity contribution is 0.0749. The van der Waals surface area contributed by atoms with Crippen LogP contribution in [0.1, 0.15) is 10.4 Å². The Bertz CT molecular complexity index is 931. The third-order valence-corrected chi connectivity index (χ3v) is 4.85. The van der Waals surface area contributed by atoms with Crippen molar-refractivity contribution >= 4 is 34.1 Å². The minimum Gasteiger partial charge on any atom is -0.368 e. The van der Waals surface area contributed by atoms with E-state index < -0.39 is 0 Å². The highest BCUT2D eigenvalue weighted by atomic mass is 35.5. The molecule has 1 aliphatic rings. The number of amides is 1. The van der Waals surface area contributed by atoms with Gasteiger partial charge in [-0.1, -0.05) is 23.7 Å². The van der Waals surface area contributed by atoms with Gasteiger partial charge in [0, 0.05) is 54.0 Å². The average molecular weight is 358 g/mol. The third kappa shape index (κ3) is 3.07. The molecule has 2 heterocycles. The van der Waals surface area contributed by atoms with Crippen LogP contribution in [0, 0.1) is 5.82 Å². The van der Waals surface area contributed by atoms with Crippen molar-refractivity contribution in [2.45, 2.75) is 0 Å². The van der Waals surface area contributed by atoms with Gasteiger partial charge in [-0.3, -0.25) is 4.79 Å². The molecule has 3 aromatic rings. The van der Waals surface area contributed by atoms with Crippen LogP contribution in [0.2, 0.25) is 5.02 Å². The summed E-state index contributed by atoms with van der Waals surface area (Å²) < 4.78 is 13.4. The molecule has 1 aliphatic heterocycles. The lowest BCUT2D eigenvalue weighted by atomic mass is 10.1. The van der Waals surface area contributed by atoms with Gasteiger partial charge in [-0.2, -0.15) is 0 Å². The Hall–Kier alpha value is -2.53. The standard InChI is InChI=1S/C19H17ClFN3O/c20-13-4-5-16-17(12-22-18(16)10-13)19(25)24-8-6-23(7-9-24)15-3-1-2-14(21)11-15/h1-5,10-12,22H,6-9H2. The van der Waals surface area contributed by atoms with Gasteiger partial charge >= 0.3 is 0 Å². The van der Waals surface area contributed by atoms with Crippen molar-refractivity contribution < 1.29 is 9.18 Å². The molecule has 4 nitrogen and oxygen atoms in total. The molecule has 0 saturated carbocycles. The molecule has 4 rings (SSSR count). The van der Waals surface area contributed by atoms with Crippen LogP contribution in [0.3, 0.4) is 0 Å². The van der Waals surface area contributed by atoms with Crippen LogP contribution in [0.15, 0.2) is 48.7 Å². The topological polar surface area (TPSA) is 39.3 Å². The number of aromatic amines is 1. The van der Waals surface area contributed by atoms with E-state index in [0.717, 1.165) is 16.6 Å². The van der Waals surface area contributed by atoms with Gasteiger partial charge in [0.05, 0.1) is 5.56 Å². The monoisotopic (exact) mass is 357 g/mol. The molecule has 1 fully saturated rings. The van der Waals surface area contributed by atoms with Gasteiger partial charge in [0.25, 0.3) is 5.91 Å². The SMILES string of the molecule is O=C(c1c[nH]c2cc(Cl)ccc12)N1CCN(c2cccc(F)c2)CC1. The van der Waals surface area contributed by atoms with Gasteiger partial charge in [-0.25, -0.2) is 4.39 Å². The van der Waals surface area contributed by atoms with Gasteiger partial charge in [0.15, 0.2) is 0 Å². The largest absolute Gasteiger partial charge is 0.368 e. The molecule has 1 saturated heterocycles. The maximum absolute atomic E-state index is 13.4. The Kier molecular flexibility index (Phi) is 4.09. The second-order valence-corrected chi connectivity index (χ2v) is 6.59. The number of piperazine rings is 1. The first-order chi connectivity index (χ1) is 12.1. The first kappa shape index (κ1) is 16.0. The van der Waals surface area contributed by atoms with E-state index in [9.17, 15) is 9.18 Å². The molecule has 0 unspecified atom stereocenters. The number of halogens is 2. The highest BCUT2D eigenvalue weighted by molar-refractivity contribution is 6.31. The summed E-state index contributed by atoms with van der Waals surface area (Å²) in [4.78, 5) is 19.9. The molecular weight excluding hydrogens is 341 g/mol. The highest BCUT2D eigenvalue weighted by Gasteiger charge is 2.24. The maximum Gasteiger partial charge on any atom is 0.256 e. The zero-order valence-electron chi connectivity index (χ0n) is 13.5. The zero-order valence-corrected chi connectivity index (χ0v) is 14.3. The van der Waals surface area contributed by atoms with E-state index in [1.165, 1.54) is 12.1 Å². The molecule has 25 heavy (non-hydrogen) atoms. The number of H-pyrrole nitrogens is 1. The van der Waals surface area contributed by atoms with Crippen molar-refractivity contribution in [2.75, 3.05) is 31.1 Å². The predicted molar refractivity (Wildman–Crippen MR) is 97.8 cm³/mol. The van der Waals surface area contributed by atoms with Crippen LogP contribution in [0.4, 0.5) is 10.1 Å². The lowest BCUT2D eigenvalue weighted by Crippen LogP contribution is -2.48. The van der Waals surface area contributed by atoms with E-state index in [2.05, 4.69) is 9.88 Å². The number of rotatable bonds is 2. The maximum atomic E-state index is 13.4. The van der Waals surface area contributed by atoms with Gasteiger partial charge < -0.3 is 14.8 Å². The smallest absolute Gasteiger partial charge is 0.256 e. The Morgan fingerprint density at radius 1 is 1.08 bits per heavy atom. The summed E-state index contributed by atoms with van der Waals surface area (Å²) >= 11 is 5.99. The summed E-state index contributed by atoms with van der Waals surface area (Å²) in [6.45, 7) is 2.58. The minimum atomic E-state index is -0.242. The van der Waals surface area contributed by atoms with E-state index in [4.69, 9.17) is 11.6 Å². The Labute approximate surface area is 149 Å². The first-order valence-electron chi connectivity index (χ1n) is 8.18. The number of hydrogen-bond acceptors (Lipinski definition) is 2. The second-order valence-electron chi connectivity index (χ2n) is 6.15. The van der Waals surface area contributed by atoms with Crippen LogP contribution in [-0.2, 0) is 0 Å². The van der Waals surface area contributed by atoms with Crippen molar-refractivity contribution in [3.63, 3.8) is 0 Å². The number of carbonyl (C=O) groups is 1. The lowest BCUT2D eigenvalue weighted by Gasteiger charge is -2.36. The van der Waals surface area contributed by atoms with Gasteiger partial charge in [-0.05, 0) is 30.3 Å². The predicted octanol–water partition coefficient (Wildman–Crippen LogP) is 3.92.